The van der Waals surface area contributed by atoms with Crippen molar-refractivity contribution in [3.05, 3.63) is 35.9 Å². The van der Waals surface area contributed by atoms with Crippen LogP contribution in [0.4, 0.5) is 17.6 Å². The van der Waals surface area contributed by atoms with Crippen molar-refractivity contribution in [1.82, 2.24) is 9.97 Å². The van der Waals surface area contributed by atoms with Gasteiger partial charge in [-0.3, -0.25) is 0 Å². The molecule has 1 aromatic heterocycles. The van der Waals surface area contributed by atoms with Gasteiger partial charge in [-0.25, -0.2) is 0 Å². The van der Waals surface area contributed by atoms with E-state index in [-0.39, 0.29) is 12.0 Å². The summed E-state index contributed by atoms with van der Waals surface area (Å²) >= 11 is 0. The predicted molar refractivity (Wildman–Crippen MR) is 87.0 cm³/mol. The summed E-state index contributed by atoms with van der Waals surface area (Å²) in [5.41, 5.74) is 12.7. The Kier molecular flexibility index (Phi) is 3.97. The lowest BCUT2D eigenvalue weighted by molar-refractivity contribution is 0.414. The number of ether oxygens (including phenoxy) is 1. The average Bonchev–Trinajstić information content (AvgIpc) is 2.49. The Labute approximate surface area is 129 Å². The summed E-state index contributed by atoms with van der Waals surface area (Å²) < 4.78 is 5.22. The number of benzene rings is 1. The Morgan fingerprint density at radius 3 is 2.86 bits per heavy atom. The minimum absolute atomic E-state index is 0.212. The minimum Gasteiger partial charge on any atom is -0.497 e. The highest BCUT2D eigenvalue weighted by Gasteiger charge is 2.24. The second-order valence-corrected chi connectivity index (χ2v) is 5.34. The Morgan fingerprint density at radius 2 is 2.14 bits per heavy atom. The van der Waals surface area contributed by atoms with Gasteiger partial charge in [0.05, 0.1) is 7.11 Å². The van der Waals surface area contributed by atoms with E-state index in [0.717, 1.165) is 30.2 Å². The fraction of sp³-hybridized carbons (Fsp3) is 0.333. The number of methoxy groups -OCH3 is 1. The van der Waals surface area contributed by atoms with Crippen LogP contribution in [0.2, 0.25) is 0 Å². The highest BCUT2D eigenvalue weighted by atomic mass is 16.5. The van der Waals surface area contributed by atoms with Gasteiger partial charge in [-0.2, -0.15) is 9.97 Å². The first-order valence-electron chi connectivity index (χ1n) is 7.16. The Bertz CT molecular complexity index is 656. The summed E-state index contributed by atoms with van der Waals surface area (Å²) in [5, 5.41) is 3.26. The van der Waals surface area contributed by atoms with E-state index in [4.69, 9.17) is 16.2 Å². The monoisotopic (exact) mass is 300 g/mol. The number of nitrogens with two attached hydrogens (primary N) is 2. The van der Waals surface area contributed by atoms with Crippen LogP contribution >= 0.6 is 0 Å². The number of rotatable bonds is 5. The molecule has 0 spiro atoms. The van der Waals surface area contributed by atoms with Gasteiger partial charge in [0.1, 0.15) is 17.4 Å². The zero-order chi connectivity index (χ0) is 15.5. The van der Waals surface area contributed by atoms with E-state index in [1.807, 2.05) is 30.3 Å². The van der Waals surface area contributed by atoms with Crippen LogP contribution in [0, 0.1) is 0 Å². The molecule has 1 aliphatic rings. The normalized spacial score (nSPS) is 14.5. The van der Waals surface area contributed by atoms with Crippen molar-refractivity contribution in [3.8, 4) is 5.75 Å². The minimum atomic E-state index is 0.212. The molecule has 0 unspecified atom stereocenters. The molecule has 2 aromatic rings. The summed E-state index contributed by atoms with van der Waals surface area (Å²) in [6.07, 6.45) is 0. The molecule has 116 valence electrons. The molecule has 0 bridgehead atoms. The van der Waals surface area contributed by atoms with Gasteiger partial charge in [0, 0.05) is 31.7 Å². The highest BCUT2D eigenvalue weighted by molar-refractivity contribution is 5.54. The Morgan fingerprint density at radius 1 is 1.32 bits per heavy atom. The molecular formula is C15H20N6O. The molecule has 0 saturated carbocycles. The van der Waals surface area contributed by atoms with E-state index in [1.165, 1.54) is 0 Å². The Hall–Kier alpha value is -2.54. The zero-order valence-electron chi connectivity index (χ0n) is 12.5. The van der Waals surface area contributed by atoms with Crippen LogP contribution < -0.4 is 26.4 Å². The SMILES string of the molecule is COc1cccc(CNc2cc(N3CC(N)C3)nc(N)n2)c1. The number of anilines is 3. The van der Waals surface area contributed by atoms with Gasteiger partial charge < -0.3 is 26.4 Å². The first-order valence-corrected chi connectivity index (χ1v) is 7.16. The maximum Gasteiger partial charge on any atom is 0.223 e. The van der Waals surface area contributed by atoms with E-state index in [1.54, 1.807) is 7.11 Å². The molecule has 22 heavy (non-hydrogen) atoms. The van der Waals surface area contributed by atoms with E-state index in [9.17, 15) is 0 Å². The summed E-state index contributed by atoms with van der Waals surface area (Å²) in [4.78, 5) is 10.6. The fourth-order valence-corrected chi connectivity index (χ4v) is 2.38. The summed E-state index contributed by atoms with van der Waals surface area (Å²) in [5.74, 6) is 2.59. The fourth-order valence-electron chi connectivity index (χ4n) is 2.38. The molecule has 1 aliphatic heterocycles. The molecule has 1 aromatic carbocycles. The van der Waals surface area contributed by atoms with Crippen LogP contribution in [0.5, 0.6) is 5.75 Å². The molecule has 1 saturated heterocycles. The van der Waals surface area contributed by atoms with E-state index >= 15 is 0 Å². The van der Waals surface area contributed by atoms with Gasteiger partial charge in [-0.1, -0.05) is 12.1 Å². The smallest absolute Gasteiger partial charge is 0.223 e. The second kappa shape index (κ2) is 6.07. The van der Waals surface area contributed by atoms with Gasteiger partial charge in [-0.15, -0.1) is 0 Å². The first-order chi connectivity index (χ1) is 10.6. The van der Waals surface area contributed by atoms with E-state index in [0.29, 0.717) is 12.4 Å². The lowest BCUT2D eigenvalue weighted by Gasteiger charge is -2.37. The quantitative estimate of drug-likeness (QED) is 0.751. The third-order valence-electron chi connectivity index (χ3n) is 3.57. The number of hydrogen-bond acceptors (Lipinski definition) is 7. The summed E-state index contributed by atoms with van der Waals surface area (Å²) in [6, 6.07) is 9.98. The molecule has 0 radical (unpaired) electrons. The van der Waals surface area contributed by atoms with Crippen LogP contribution in [-0.4, -0.2) is 36.2 Å². The Balaban J connectivity index is 1.69. The number of nitrogen functional groups attached to an aromatic ring is 1. The van der Waals surface area contributed by atoms with Gasteiger partial charge in [0.25, 0.3) is 0 Å². The molecule has 1 fully saturated rings. The average molecular weight is 300 g/mol. The summed E-state index contributed by atoms with van der Waals surface area (Å²) in [6.45, 7) is 2.23. The molecule has 0 atom stereocenters. The van der Waals surface area contributed by atoms with E-state index < -0.39 is 0 Å². The van der Waals surface area contributed by atoms with Crippen molar-refractivity contribution < 1.29 is 4.74 Å². The largest absolute Gasteiger partial charge is 0.497 e. The topological polar surface area (TPSA) is 102 Å². The lowest BCUT2D eigenvalue weighted by Crippen LogP contribution is -2.56. The van der Waals surface area contributed by atoms with Crippen molar-refractivity contribution in [2.24, 2.45) is 5.73 Å². The highest BCUT2D eigenvalue weighted by Crippen LogP contribution is 2.22. The third-order valence-corrected chi connectivity index (χ3v) is 3.57. The molecular weight excluding hydrogens is 280 g/mol. The van der Waals surface area contributed by atoms with Crippen LogP contribution in [0.1, 0.15) is 5.56 Å². The van der Waals surface area contributed by atoms with E-state index in [2.05, 4.69) is 20.2 Å². The molecule has 5 N–H and O–H groups in total. The predicted octanol–water partition coefficient (Wildman–Crippen LogP) is 0.827. The van der Waals surface area contributed by atoms with Crippen LogP contribution in [0.15, 0.2) is 30.3 Å². The molecule has 0 aliphatic carbocycles. The molecule has 7 heteroatoms. The van der Waals surface area contributed by atoms with Gasteiger partial charge >= 0.3 is 0 Å². The number of nitrogens with one attached hydrogen (secondary N) is 1. The molecule has 7 nitrogen and oxygen atoms in total. The standard InChI is InChI=1S/C15H20N6O/c1-22-12-4-2-3-10(5-12)7-18-13-6-14(20-15(17)19-13)21-8-11(16)9-21/h2-6,11H,7-9,16H2,1H3,(H3,17,18,19,20). The van der Waals surface area contributed by atoms with Crippen LogP contribution in [0.25, 0.3) is 0 Å². The number of nitrogens with zero attached hydrogens (tertiary/aromatic N) is 3. The number of hydrogen-bond donors (Lipinski definition) is 3. The van der Waals surface area contributed by atoms with Crippen LogP contribution in [0.3, 0.4) is 0 Å². The maximum atomic E-state index is 5.80. The molecule has 2 heterocycles. The maximum absolute atomic E-state index is 5.80. The molecule has 0 amide bonds. The van der Waals surface area contributed by atoms with Crippen molar-refractivity contribution in [3.63, 3.8) is 0 Å². The molecule has 3 rings (SSSR count). The zero-order valence-corrected chi connectivity index (χ0v) is 12.5. The van der Waals surface area contributed by atoms with Crippen molar-refractivity contribution >= 4 is 17.6 Å². The van der Waals surface area contributed by atoms with Crippen molar-refractivity contribution in [2.75, 3.05) is 36.1 Å². The van der Waals surface area contributed by atoms with Gasteiger partial charge in [-0.05, 0) is 17.7 Å². The van der Waals surface area contributed by atoms with Gasteiger partial charge in [0.15, 0.2) is 0 Å². The third kappa shape index (κ3) is 3.20. The lowest BCUT2D eigenvalue weighted by atomic mass is 10.1. The number of aromatic nitrogens is 2. The summed E-state index contributed by atoms with van der Waals surface area (Å²) in [7, 11) is 1.65. The van der Waals surface area contributed by atoms with Crippen molar-refractivity contribution in [2.45, 2.75) is 12.6 Å². The van der Waals surface area contributed by atoms with Crippen LogP contribution in [-0.2, 0) is 6.54 Å². The first kappa shape index (κ1) is 14.4. The van der Waals surface area contributed by atoms with Gasteiger partial charge in [0.2, 0.25) is 5.95 Å². The second-order valence-electron chi connectivity index (χ2n) is 5.34. The van der Waals surface area contributed by atoms with Crippen molar-refractivity contribution in [1.29, 1.82) is 0 Å².